The fraction of sp³-hybridized carbons (Fsp3) is 0.240. The van der Waals surface area contributed by atoms with Gasteiger partial charge in [0.25, 0.3) is 0 Å². The molecule has 1 saturated heterocycles. The zero-order valence-corrected chi connectivity index (χ0v) is 18.7. The van der Waals surface area contributed by atoms with Gasteiger partial charge in [0, 0.05) is 57.2 Å². The zero-order chi connectivity index (χ0) is 22.0. The van der Waals surface area contributed by atoms with Crippen molar-refractivity contribution in [2.75, 3.05) is 32.7 Å². The average Bonchev–Trinajstić information content (AvgIpc) is 3.32. The summed E-state index contributed by atoms with van der Waals surface area (Å²) in [6.07, 6.45) is 3.83. The molecule has 0 N–H and O–H groups in total. The van der Waals surface area contributed by atoms with Gasteiger partial charge >= 0.3 is 0 Å². The topological polar surface area (TPSA) is 58.4 Å². The predicted molar refractivity (Wildman–Crippen MR) is 127 cm³/mol. The number of rotatable bonds is 6. The number of nitrogens with zero attached hydrogens (tertiary/aromatic N) is 4. The van der Waals surface area contributed by atoms with Gasteiger partial charge in [-0.05, 0) is 22.9 Å². The maximum atomic E-state index is 13.2. The maximum Gasteiger partial charge on any atom is 0.243 e. The van der Waals surface area contributed by atoms with Crippen molar-refractivity contribution in [3.63, 3.8) is 0 Å². The van der Waals surface area contributed by atoms with E-state index in [0.717, 1.165) is 48.3 Å². The van der Waals surface area contributed by atoms with Crippen LogP contribution in [0.15, 0.2) is 90.1 Å². The molecule has 0 unspecified atom stereocenters. The van der Waals surface area contributed by atoms with Crippen LogP contribution >= 0.6 is 0 Å². The van der Waals surface area contributed by atoms with Crippen LogP contribution in [0.5, 0.6) is 0 Å². The van der Waals surface area contributed by atoms with Crippen LogP contribution in [0.1, 0.15) is 0 Å². The smallest absolute Gasteiger partial charge is 0.243 e. The molecular weight excluding hydrogens is 420 g/mol. The summed E-state index contributed by atoms with van der Waals surface area (Å²) >= 11 is 0. The lowest BCUT2D eigenvalue weighted by molar-refractivity contribution is 0.183. The minimum atomic E-state index is -3.49. The van der Waals surface area contributed by atoms with E-state index >= 15 is 0 Å². The molecule has 2 heterocycles. The molecule has 0 saturated carbocycles. The highest BCUT2D eigenvalue weighted by Gasteiger charge is 2.28. The molecular formula is C25H26N4O2S. The van der Waals surface area contributed by atoms with Gasteiger partial charge in [-0.3, -0.25) is 4.90 Å². The third-order valence-electron chi connectivity index (χ3n) is 6.09. The summed E-state index contributed by atoms with van der Waals surface area (Å²) in [5.41, 5.74) is 1.10. The first-order chi connectivity index (χ1) is 15.6. The molecule has 7 heteroatoms. The van der Waals surface area contributed by atoms with E-state index in [2.05, 4.69) is 26.6 Å². The molecule has 1 aromatic heterocycles. The molecule has 5 rings (SSSR count). The summed E-state index contributed by atoms with van der Waals surface area (Å²) in [5.74, 6) is 0.961. The molecule has 0 spiro atoms. The molecule has 4 aromatic rings. The van der Waals surface area contributed by atoms with Crippen LogP contribution in [0, 0.1) is 0 Å². The van der Waals surface area contributed by atoms with E-state index in [0.29, 0.717) is 18.0 Å². The normalized spacial score (nSPS) is 15.9. The molecule has 1 fully saturated rings. The monoisotopic (exact) mass is 446 g/mol. The van der Waals surface area contributed by atoms with Gasteiger partial charge in [-0.15, -0.1) is 0 Å². The fourth-order valence-electron chi connectivity index (χ4n) is 4.26. The van der Waals surface area contributed by atoms with Gasteiger partial charge in [-0.1, -0.05) is 60.7 Å². The van der Waals surface area contributed by atoms with Crippen LogP contribution in [0.3, 0.4) is 0 Å². The molecule has 0 amide bonds. The molecule has 3 aromatic carbocycles. The van der Waals surface area contributed by atoms with E-state index in [1.165, 1.54) is 0 Å². The van der Waals surface area contributed by atoms with Crippen LogP contribution in [-0.2, 0) is 16.6 Å². The van der Waals surface area contributed by atoms with Gasteiger partial charge in [0.05, 0.1) is 4.90 Å². The Bertz CT molecular complexity index is 1310. The quantitative estimate of drug-likeness (QED) is 0.453. The van der Waals surface area contributed by atoms with Crippen LogP contribution in [0.2, 0.25) is 0 Å². The van der Waals surface area contributed by atoms with Gasteiger partial charge in [0.2, 0.25) is 10.0 Å². The molecule has 1 aliphatic heterocycles. The summed E-state index contributed by atoms with van der Waals surface area (Å²) < 4.78 is 30.1. The molecule has 0 atom stereocenters. The van der Waals surface area contributed by atoms with Crippen molar-refractivity contribution in [1.29, 1.82) is 0 Å². The van der Waals surface area contributed by atoms with Crippen LogP contribution in [-0.4, -0.2) is 59.9 Å². The first-order valence-electron chi connectivity index (χ1n) is 10.9. The highest BCUT2D eigenvalue weighted by Crippen LogP contribution is 2.23. The Morgan fingerprint density at radius 1 is 0.781 bits per heavy atom. The summed E-state index contributed by atoms with van der Waals surface area (Å²) in [5, 5.41) is 1.99. The molecule has 164 valence electrons. The molecule has 0 aliphatic carbocycles. The van der Waals surface area contributed by atoms with Crippen molar-refractivity contribution >= 4 is 20.8 Å². The summed E-state index contributed by atoms with van der Waals surface area (Å²) in [6, 6.07) is 23.4. The largest absolute Gasteiger partial charge is 0.330 e. The van der Waals surface area contributed by atoms with Crippen molar-refractivity contribution in [2.24, 2.45) is 0 Å². The number of hydrogen-bond donors (Lipinski definition) is 0. The summed E-state index contributed by atoms with van der Waals surface area (Å²) in [7, 11) is -3.49. The Labute approximate surface area is 188 Å². The Hall–Kier alpha value is -3.00. The maximum absolute atomic E-state index is 13.2. The highest BCUT2D eigenvalue weighted by atomic mass is 32.2. The van der Waals surface area contributed by atoms with Gasteiger partial charge < -0.3 is 4.57 Å². The van der Waals surface area contributed by atoms with Crippen molar-refractivity contribution in [3.8, 4) is 11.4 Å². The number of aromatic nitrogens is 2. The first kappa shape index (κ1) is 20.9. The van der Waals surface area contributed by atoms with Crippen LogP contribution in [0.4, 0.5) is 0 Å². The second-order valence-corrected chi connectivity index (χ2v) is 10.0. The van der Waals surface area contributed by atoms with Crippen molar-refractivity contribution in [2.45, 2.75) is 11.4 Å². The predicted octanol–water partition coefficient (Wildman–Crippen LogP) is 3.71. The van der Waals surface area contributed by atoms with E-state index in [1.54, 1.807) is 16.4 Å². The van der Waals surface area contributed by atoms with Crippen molar-refractivity contribution < 1.29 is 8.42 Å². The lowest BCUT2D eigenvalue weighted by atomic mass is 10.1. The molecule has 0 radical (unpaired) electrons. The Balaban J connectivity index is 1.21. The second kappa shape index (κ2) is 8.86. The summed E-state index contributed by atoms with van der Waals surface area (Å²) in [4.78, 5) is 7.20. The lowest BCUT2D eigenvalue weighted by Crippen LogP contribution is -2.49. The van der Waals surface area contributed by atoms with Gasteiger partial charge in [-0.25, -0.2) is 13.4 Å². The average molecular weight is 447 g/mol. The number of hydrogen-bond acceptors (Lipinski definition) is 4. The van der Waals surface area contributed by atoms with Crippen LogP contribution in [0.25, 0.3) is 22.2 Å². The van der Waals surface area contributed by atoms with E-state index in [4.69, 9.17) is 0 Å². The van der Waals surface area contributed by atoms with Gasteiger partial charge in [0.15, 0.2) is 0 Å². The van der Waals surface area contributed by atoms with Gasteiger partial charge in [0.1, 0.15) is 5.82 Å². The molecule has 32 heavy (non-hydrogen) atoms. The van der Waals surface area contributed by atoms with E-state index in [9.17, 15) is 8.42 Å². The Kier molecular flexibility index (Phi) is 5.78. The van der Waals surface area contributed by atoms with Crippen molar-refractivity contribution in [3.05, 3.63) is 85.2 Å². The van der Waals surface area contributed by atoms with E-state index in [1.807, 2.05) is 60.9 Å². The highest BCUT2D eigenvalue weighted by molar-refractivity contribution is 7.89. The standard InChI is InChI=1S/C25H26N4O2S/c30-32(31,24-11-10-21-6-4-5-9-23(21)20-24)29-18-15-27(16-19-29)14-17-28-13-12-26-25(28)22-7-2-1-3-8-22/h1-13,20H,14-19H2. The number of piperazine rings is 1. The lowest BCUT2D eigenvalue weighted by Gasteiger charge is -2.34. The number of benzene rings is 3. The van der Waals surface area contributed by atoms with Crippen molar-refractivity contribution in [1.82, 2.24) is 18.8 Å². The Morgan fingerprint density at radius 3 is 2.28 bits per heavy atom. The third-order valence-corrected chi connectivity index (χ3v) is 7.99. The van der Waals surface area contributed by atoms with Gasteiger partial charge in [-0.2, -0.15) is 4.31 Å². The minimum absolute atomic E-state index is 0.371. The minimum Gasteiger partial charge on any atom is -0.330 e. The summed E-state index contributed by atoms with van der Waals surface area (Å²) in [6.45, 7) is 4.14. The number of sulfonamides is 1. The van der Waals surface area contributed by atoms with Crippen LogP contribution < -0.4 is 0 Å². The molecule has 1 aliphatic rings. The number of imidazole rings is 1. The van der Waals surface area contributed by atoms with E-state index < -0.39 is 10.0 Å². The first-order valence-corrected chi connectivity index (χ1v) is 12.3. The number of fused-ring (bicyclic) bond motifs is 1. The van der Waals surface area contributed by atoms with E-state index in [-0.39, 0.29) is 0 Å². The fourth-order valence-corrected chi connectivity index (χ4v) is 5.71. The molecule has 0 bridgehead atoms. The SMILES string of the molecule is O=S(=O)(c1ccc2ccccc2c1)N1CCN(CCn2ccnc2-c2ccccc2)CC1. The Morgan fingerprint density at radius 2 is 1.50 bits per heavy atom. The molecule has 6 nitrogen and oxygen atoms in total. The zero-order valence-electron chi connectivity index (χ0n) is 17.8. The second-order valence-electron chi connectivity index (χ2n) is 8.06. The third kappa shape index (κ3) is 4.19.